The molecule has 2 heterocycles. The van der Waals surface area contributed by atoms with E-state index in [2.05, 4.69) is 98.6 Å². The van der Waals surface area contributed by atoms with Gasteiger partial charge in [0.1, 0.15) is 0 Å². The van der Waals surface area contributed by atoms with Gasteiger partial charge in [0.05, 0.1) is 11.4 Å². The van der Waals surface area contributed by atoms with Gasteiger partial charge in [-0.05, 0) is 128 Å². The van der Waals surface area contributed by atoms with Crippen LogP contribution >= 0.6 is 22.7 Å². The molecule has 0 saturated carbocycles. The van der Waals surface area contributed by atoms with Gasteiger partial charge in [-0.15, -0.1) is 22.7 Å². The molecule has 1 aliphatic carbocycles. The molecule has 0 atom stereocenters. The third-order valence-electron chi connectivity index (χ3n) is 8.44. The maximum Gasteiger partial charge on any atom is 0.0630 e. The average molecular weight is 595 g/mol. The molecule has 0 saturated heterocycles. The largest absolute Gasteiger partial charge is 0.262 e. The topological polar surface area (TPSA) is 24.7 Å². The van der Waals surface area contributed by atoms with Gasteiger partial charge >= 0.3 is 0 Å². The third-order valence-corrected chi connectivity index (χ3v) is 10.6. The fourth-order valence-electron chi connectivity index (χ4n) is 6.47. The molecule has 0 amide bonds. The summed E-state index contributed by atoms with van der Waals surface area (Å²) in [5.41, 5.74) is 12.8. The lowest BCUT2D eigenvalue weighted by atomic mass is 9.93. The lowest BCUT2D eigenvalue weighted by Crippen LogP contribution is -1.89. The zero-order valence-electron chi connectivity index (χ0n) is 25.1. The first-order chi connectivity index (χ1) is 21.0. The standard InChI is InChI=1S/C39H34N2S2/c1-5-40-30-15-11-28(12-16-30)29-13-17-31(18-14-29)41-23-27-10-20-35-37(22-27)43-26(4)39(35)33-8-6-7-32(33)38-25(3)42-36-21-24(2)9-19-34(36)38/h5,9-23H,6-8H2,1-4H3/b40-5?,41-23+. The molecule has 1 aliphatic rings. The zero-order valence-corrected chi connectivity index (χ0v) is 26.7. The van der Waals surface area contributed by atoms with Gasteiger partial charge in [-0.1, -0.05) is 48.5 Å². The van der Waals surface area contributed by atoms with Crippen LogP contribution < -0.4 is 0 Å². The Morgan fingerprint density at radius 3 is 1.72 bits per heavy atom. The minimum Gasteiger partial charge on any atom is -0.262 e. The summed E-state index contributed by atoms with van der Waals surface area (Å²) < 4.78 is 2.75. The van der Waals surface area contributed by atoms with E-state index in [0.29, 0.717) is 0 Å². The van der Waals surface area contributed by atoms with Gasteiger partial charge in [-0.25, -0.2) is 0 Å². The first-order valence-electron chi connectivity index (χ1n) is 15.0. The SMILES string of the molecule is CC=Nc1ccc(-c2ccc(/N=C/c3ccc4c(C5=C(c6c(C)sc7cc(C)ccc67)CCC5)c(C)sc4c3)cc2)cc1. The van der Waals surface area contributed by atoms with Gasteiger partial charge in [0, 0.05) is 42.4 Å². The number of aryl methyl sites for hydroxylation is 3. The number of aliphatic imine (C=N–C) groups is 2. The summed E-state index contributed by atoms with van der Waals surface area (Å²) in [6.45, 7) is 8.72. The molecule has 2 nitrogen and oxygen atoms in total. The number of rotatable bonds is 6. The van der Waals surface area contributed by atoms with Crippen molar-refractivity contribution in [2.75, 3.05) is 0 Å². The van der Waals surface area contributed by atoms with Crippen LogP contribution in [0.4, 0.5) is 11.4 Å². The van der Waals surface area contributed by atoms with E-state index in [0.717, 1.165) is 29.8 Å². The summed E-state index contributed by atoms with van der Waals surface area (Å²) in [6, 6.07) is 30.5. The van der Waals surface area contributed by atoms with E-state index in [9.17, 15) is 0 Å². The zero-order chi connectivity index (χ0) is 29.5. The fraction of sp³-hybridized carbons (Fsp3) is 0.179. The van der Waals surface area contributed by atoms with Crippen LogP contribution in [0.25, 0.3) is 42.4 Å². The summed E-state index contributed by atoms with van der Waals surface area (Å²) in [5.74, 6) is 0. The van der Waals surface area contributed by atoms with Crippen molar-refractivity contribution in [1.82, 2.24) is 0 Å². The Morgan fingerprint density at radius 1 is 0.605 bits per heavy atom. The molecular formula is C39H34N2S2. The van der Waals surface area contributed by atoms with Crippen LogP contribution in [0.1, 0.15) is 58.2 Å². The molecule has 0 fully saturated rings. The second-order valence-corrected chi connectivity index (χ2v) is 13.9. The van der Waals surface area contributed by atoms with Crippen molar-refractivity contribution >= 4 is 77.8 Å². The van der Waals surface area contributed by atoms with Crippen LogP contribution in [0, 0.1) is 20.8 Å². The van der Waals surface area contributed by atoms with Crippen molar-refractivity contribution in [3.63, 3.8) is 0 Å². The van der Waals surface area contributed by atoms with Crippen molar-refractivity contribution in [1.29, 1.82) is 0 Å². The Balaban J connectivity index is 1.17. The van der Waals surface area contributed by atoms with Crippen molar-refractivity contribution in [3.05, 3.63) is 117 Å². The summed E-state index contributed by atoms with van der Waals surface area (Å²) in [7, 11) is 0. The number of nitrogens with zero attached hydrogens (tertiary/aromatic N) is 2. The Hall–Kier alpha value is -4.12. The van der Waals surface area contributed by atoms with E-state index in [4.69, 9.17) is 4.99 Å². The monoisotopic (exact) mass is 594 g/mol. The van der Waals surface area contributed by atoms with Gasteiger partial charge in [0.2, 0.25) is 0 Å². The number of fused-ring (bicyclic) bond motifs is 2. The van der Waals surface area contributed by atoms with Crippen molar-refractivity contribution in [2.45, 2.75) is 47.0 Å². The fourth-order valence-corrected chi connectivity index (χ4v) is 8.80. The smallest absolute Gasteiger partial charge is 0.0630 e. The lowest BCUT2D eigenvalue weighted by Gasteiger charge is -2.10. The van der Waals surface area contributed by atoms with Crippen molar-refractivity contribution in [3.8, 4) is 11.1 Å². The van der Waals surface area contributed by atoms with Crippen LogP contribution in [0.2, 0.25) is 0 Å². The van der Waals surface area contributed by atoms with Crippen LogP contribution in [0.3, 0.4) is 0 Å². The normalized spacial score (nSPS) is 14.0. The van der Waals surface area contributed by atoms with E-state index >= 15 is 0 Å². The molecule has 0 N–H and O–H groups in total. The number of hydrogen-bond acceptors (Lipinski definition) is 4. The van der Waals surface area contributed by atoms with E-state index in [-0.39, 0.29) is 0 Å². The van der Waals surface area contributed by atoms with Gasteiger partial charge in [-0.2, -0.15) is 0 Å². The highest BCUT2D eigenvalue weighted by Gasteiger charge is 2.25. The lowest BCUT2D eigenvalue weighted by molar-refractivity contribution is 0.942. The van der Waals surface area contributed by atoms with E-state index < -0.39 is 0 Å². The highest BCUT2D eigenvalue weighted by Crippen LogP contribution is 2.49. The predicted octanol–water partition coefficient (Wildman–Crippen LogP) is 12.3. The van der Waals surface area contributed by atoms with E-state index in [1.165, 1.54) is 64.2 Å². The summed E-state index contributed by atoms with van der Waals surface area (Å²) in [4.78, 5) is 12.0. The Labute approximate surface area is 261 Å². The molecule has 7 rings (SSSR count). The molecule has 6 aromatic rings. The Morgan fingerprint density at radius 2 is 1.14 bits per heavy atom. The van der Waals surface area contributed by atoms with Crippen LogP contribution in [0.5, 0.6) is 0 Å². The first-order valence-corrected chi connectivity index (χ1v) is 16.6. The van der Waals surface area contributed by atoms with Crippen molar-refractivity contribution < 1.29 is 0 Å². The third kappa shape index (κ3) is 5.30. The molecule has 2 aromatic heterocycles. The van der Waals surface area contributed by atoms with Gasteiger partial charge in [0.25, 0.3) is 0 Å². The molecule has 0 unspecified atom stereocenters. The summed E-state index contributed by atoms with van der Waals surface area (Å²) in [5, 5.41) is 2.80. The van der Waals surface area contributed by atoms with E-state index in [1.54, 1.807) is 11.1 Å². The molecule has 4 heteroatoms. The summed E-state index contributed by atoms with van der Waals surface area (Å²) >= 11 is 3.86. The highest BCUT2D eigenvalue weighted by molar-refractivity contribution is 7.19. The first kappa shape index (κ1) is 27.7. The molecule has 0 spiro atoms. The number of benzene rings is 4. The van der Waals surface area contributed by atoms with Gasteiger partial charge in [0.15, 0.2) is 0 Å². The quantitative estimate of drug-likeness (QED) is 0.171. The molecule has 43 heavy (non-hydrogen) atoms. The van der Waals surface area contributed by atoms with Gasteiger partial charge in [-0.3, -0.25) is 9.98 Å². The second kappa shape index (κ2) is 11.5. The molecular weight excluding hydrogens is 561 g/mol. The number of hydrogen-bond donors (Lipinski definition) is 0. The van der Waals surface area contributed by atoms with Crippen molar-refractivity contribution in [2.24, 2.45) is 9.98 Å². The van der Waals surface area contributed by atoms with Gasteiger partial charge < -0.3 is 0 Å². The molecule has 212 valence electrons. The average Bonchev–Trinajstić information content (AvgIpc) is 3.69. The minimum absolute atomic E-state index is 0.952. The van der Waals surface area contributed by atoms with Crippen LogP contribution in [0.15, 0.2) is 94.9 Å². The van der Waals surface area contributed by atoms with Crippen LogP contribution in [-0.2, 0) is 0 Å². The Bertz CT molecular complexity index is 2070. The predicted molar refractivity (Wildman–Crippen MR) is 191 cm³/mol. The maximum atomic E-state index is 4.81. The number of allylic oxidation sites excluding steroid dienone is 2. The second-order valence-electron chi connectivity index (χ2n) is 11.4. The highest BCUT2D eigenvalue weighted by atomic mass is 32.1. The number of thiophene rings is 2. The molecule has 4 aromatic carbocycles. The maximum absolute atomic E-state index is 4.81. The molecule has 0 bridgehead atoms. The molecule has 0 radical (unpaired) electrons. The summed E-state index contributed by atoms with van der Waals surface area (Å²) in [6.07, 6.45) is 7.35. The Kier molecular flexibility index (Phi) is 7.42. The molecule has 0 aliphatic heterocycles. The van der Waals surface area contributed by atoms with Crippen LogP contribution in [-0.4, -0.2) is 12.4 Å². The van der Waals surface area contributed by atoms with E-state index in [1.807, 2.05) is 54.2 Å². The minimum atomic E-state index is 0.952.